The molecule has 0 amide bonds. The molecule has 0 radical (unpaired) electrons. The van der Waals surface area contributed by atoms with Crippen molar-refractivity contribution in [1.82, 2.24) is 4.57 Å². The van der Waals surface area contributed by atoms with Gasteiger partial charge in [-0.3, -0.25) is 4.99 Å². The third-order valence-electron chi connectivity index (χ3n) is 4.14. The van der Waals surface area contributed by atoms with Crippen LogP contribution in [0.5, 0.6) is 0 Å². The summed E-state index contributed by atoms with van der Waals surface area (Å²) in [6.07, 6.45) is 11.6. The minimum atomic E-state index is -1.00. The minimum absolute atomic E-state index is 1.00. The van der Waals surface area contributed by atoms with Gasteiger partial charge in [-0.25, -0.2) is 0 Å². The summed E-state index contributed by atoms with van der Waals surface area (Å²) < 4.78 is 2.73. The summed E-state index contributed by atoms with van der Waals surface area (Å²) in [7, 11) is -1.00. The van der Waals surface area contributed by atoms with Gasteiger partial charge in [-0.2, -0.15) is 0 Å². The van der Waals surface area contributed by atoms with E-state index >= 15 is 0 Å². The summed E-state index contributed by atoms with van der Waals surface area (Å²) in [6.45, 7) is 10.8. The molecule has 1 aliphatic heterocycles. The van der Waals surface area contributed by atoms with Crippen LogP contribution >= 0.6 is 0 Å². The van der Waals surface area contributed by atoms with Crippen LogP contribution in [0.1, 0.15) is 51.9 Å². The van der Waals surface area contributed by atoms with Gasteiger partial charge in [-0.05, 0) is 38.1 Å². The zero-order valence-corrected chi connectivity index (χ0v) is 13.7. The molecule has 1 rings (SSSR count). The predicted molar refractivity (Wildman–Crippen MR) is 85.2 cm³/mol. The van der Waals surface area contributed by atoms with Crippen molar-refractivity contribution in [3.05, 3.63) is 0 Å². The Balaban J connectivity index is 1.97. The molecule has 0 N–H and O–H groups in total. The normalized spacial score (nSPS) is 19.9. The molecular weight excluding hydrogens is 236 g/mol. The molecule has 1 saturated heterocycles. The van der Waals surface area contributed by atoms with E-state index in [2.05, 4.69) is 35.8 Å². The van der Waals surface area contributed by atoms with E-state index in [1.807, 2.05) is 0 Å². The highest BCUT2D eigenvalue weighted by molar-refractivity contribution is 6.75. The molecule has 18 heavy (non-hydrogen) atoms. The van der Waals surface area contributed by atoms with Crippen LogP contribution in [0.25, 0.3) is 0 Å². The Morgan fingerprint density at radius 1 is 1.17 bits per heavy atom. The minimum Gasteiger partial charge on any atom is -0.322 e. The average molecular weight is 269 g/mol. The molecule has 1 aliphatic rings. The van der Waals surface area contributed by atoms with Gasteiger partial charge in [0.2, 0.25) is 0 Å². The summed E-state index contributed by atoms with van der Waals surface area (Å²) >= 11 is 0. The average Bonchev–Trinajstić information content (AvgIpc) is 2.66. The first-order valence-electron chi connectivity index (χ1n) is 7.90. The van der Waals surface area contributed by atoms with Gasteiger partial charge in [0.05, 0.1) is 6.54 Å². The smallest absolute Gasteiger partial charge is 0.122 e. The SMILES string of the molecule is CCCCCCCC=NCCN1CCC[Si]1(C)C. The third kappa shape index (κ3) is 6.14. The maximum atomic E-state index is 4.57. The second-order valence-electron chi connectivity index (χ2n) is 6.19. The molecule has 106 valence electrons. The third-order valence-corrected chi connectivity index (χ3v) is 7.87. The largest absolute Gasteiger partial charge is 0.322 e. The molecule has 0 spiro atoms. The van der Waals surface area contributed by atoms with E-state index in [4.69, 9.17) is 0 Å². The van der Waals surface area contributed by atoms with Crippen molar-refractivity contribution < 1.29 is 0 Å². The first-order valence-corrected chi connectivity index (χ1v) is 11.1. The summed E-state index contributed by atoms with van der Waals surface area (Å²) in [4.78, 5) is 4.57. The number of aliphatic imine (C=N–C) groups is 1. The van der Waals surface area contributed by atoms with E-state index in [0.29, 0.717) is 0 Å². The van der Waals surface area contributed by atoms with Crippen molar-refractivity contribution in [2.24, 2.45) is 4.99 Å². The molecule has 0 aromatic carbocycles. The molecule has 0 atom stereocenters. The maximum Gasteiger partial charge on any atom is 0.122 e. The number of hydrogen-bond acceptors (Lipinski definition) is 2. The van der Waals surface area contributed by atoms with Crippen LogP contribution in [0.15, 0.2) is 4.99 Å². The van der Waals surface area contributed by atoms with E-state index in [1.165, 1.54) is 64.1 Å². The van der Waals surface area contributed by atoms with E-state index in [-0.39, 0.29) is 0 Å². The second-order valence-corrected chi connectivity index (χ2v) is 11.0. The fourth-order valence-corrected chi connectivity index (χ4v) is 5.59. The number of unbranched alkanes of at least 4 members (excludes halogenated alkanes) is 5. The van der Waals surface area contributed by atoms with Gasteiger partial charge >= 0.3 is 0 Å². The van der Waals surface area contributed by atoms with Crippen molar-refractivity contribution in [2.75, 3.05) is 19.6 Å². The van der Waals surface area contributed by atoms with Crippen LogP contribution in [0.4, 0.5) is 0 Å². The van der Waals surface area contributed by atoms with E-state index in [1.54, 1.807) is 0 Å². The lowest BCUT2D eigenvalue weighted by Gasteiger charge is -2.28. The molecule has 0 aliphatic carbocycles. The molecule has 2 nitrogen and oxygen atoms in total. The van der Waals surface area contributed by atoms with E-state index in [0.717, 1.165) is 6.54 Å². The number of hydrogen-bond donors (Lipinski definition) is 0. The summed E-state index contributed by atoms with van der Waals surface area (Å²) in [5.74, 6) is 0. The molecule has 3 heteroatoms. The van der Waals surface area contributed by atoms with Crippen molar-refractivity contribution in [3.63, 3.8) is 0 Å². The van der Waals surface area contributed by atoms with Crippen molar-refractivity contribution in [2.45, 2.75) is 71.0 Å². The molecule has 0 aromatic rings. The number of nitrogens with zero attached hydrogens (tertiary/aromatic N) is 2. The molecule has 1 fully saturated rings. The zero-order chi connectivity index (χ0) is 13.3. The first-order chi connectivity index (χ1) is 8.67. The second kappa shape index (κ2) is 8.86. The Morgan fingerprint density at radius 3 is 2.61 bits per heavy atom. The van der Waals surface area contributed by atoms with Crippen LogP contribution in [0.2, 0.25) is 19.1 Å². The van der Waals surface area contributed by atoms with Gasteiger partial charge in [0.15, 0.2) is 0 Å². The Morgan fingerprint density at radius 2 is 1.94 bits per heavy atom. The lowest BCUT2D eigenvalue weighted by atomic mass is 10.1. The maximum absolute atomic E-state index is 4.57. The van der Waals surface area contributed by atoms with Crippen LogP contribution in [-0.2, 0) is 0 Å². The standard InChI is InChI=1S/C15H32N2Si/c1-4-5-6-7-8-9-11-16-12-14-17-13-10-15-18(17,2)3/h11H,4-10,12-15H2,1-3H3. The highest BCUT2D eigenvalue weighted by atomic mass is 28.3. The molecule has 0 unspecified atom stereocenters. The van der Waals surface area contributed by atoms with Gasteiger partial charge in [-0.15, -0.1) is 0 Å². The molecule has 1 heterocycles. The highest BCUT2D eigenvalue weighted by Crippen LogP contribution is 2.24. The lowest BCUT2D eigenvalue weighted by molar-refractivity contribution is 0.468. The Labute approximate surface area is 115 Å². The molecule has 0 saturated carbocycles. The van der Waals surface area contributed by atoms with Gasteiger partial charge < -0.3 is 4.57 Å². The highest BCUT2D eigenvalue weighted by Gasteiger charge is 2.33. The van der Waals surface area contributed by atoms with E-state index < -0.39 is 8.24 Å². The molecular formula is C15H32N2Si. The molecule has 0 aromatic heterocycles. The van der Waals surface area contributed by atoms with Crippen LogP contribution in [-0.4, -0.2) is 38.6 Å². The van der Waals surface area contributed by atoms with Gasteiger partial charge in [-0.1, -0.05) is 45.7 Å². The van der Waals surface area contributed by atoms with Gasteiger partial charge in [0, 0.05) is 6.54 Å². The number of rotatable bonds is 9. The van der Waals surface area contributed by atoms with E-state index in [9.17, 15) is 0 Å². The summed E-state index contributed by atoms with van der Waals surface area (Å²) in [5, 5.41) is 0. The monoisotopic (exact) mass is 268 g/mol. The Kier molecular flexibility index (Phi) is 7.83. The van der Waals surface area contributed by atoms with Gasteiger partial charge in [0.1, 0.15) is 8.24 Å². The Bertz CT molecular complexity index is 239. The summed E-state index contributed by atoms with van der Waals surface area (Å²) in [6, 6.07) is 1.48. The topological polar surface area (TPSA) is 15.6 Å². The predicted octanol–water partition coefficient (Wildman–Crippen LogP) is 4.33. The lowest BCUT2D eigenvalue weighted by Crippen LogP contribution is -2.44. The molecule has 0 bridgehead atoms. The fourth-order valence-electron chi connectivity index (χ4n) is 2.78. The summed E-state index contributed by atoms with van der Waals surface area (Å²) in [5.41, 5.74) is 0. The van der Waals surface area contributed by atoms with Crippen molar-refractivity contribution >= 4 is 14.5 Å². The van der Waals surface area contributed by atoms with Crippen LogP contribution in [0.3, 0.4) is 0 Å². The van der Waals surface area contributed by atoms with Gasteiger partial charge in [0.25, 0.3) is 0 Å². The first kappa shape index (κ1) is 15.9. The zero-order valence-electron chi connectivity index (χ0n) is 12.7. The fraction of sp³-hybridized carbons (Fsp3) is 0.933. The quantitative estimate of drug-likeness (QED) is 0.345. The van der Waals surface area contributed by atoms with Crippen LogP contribution in [0, 0.1) is 0 Å². The van der Waals surface area contributed by atoms with Crippen molar-refractivity contribution in [3.8, 4) is 0 Å². The van der Waals surface area contributed by atoms with Crippen molar-refractivity contribution in [1.29, 1.82) is 0 Å². The Hall–Kier alpha value is -0.153. The van der Waals surface area contributed by atoms with Crippen LogP contribution < -0.4 is 0 Å².